The summed E-state index contributed by atoms with van der Waals surface area (Å²) in [5.41, 5.74) is 0. The lowest BCUT2D eigenvalue weighted by Gasteiger charge is -2.17. The summed E-state index contributed by atoms with van der Waals surface area (Å²) in [7, 11) is -2.19. The third kappa shape index (κ3) is 3.89. The van der Waals surface area contributed by atoms with Gasteiger partial charge in [0, 0.05) is 6.66 Å². The molecule has 0 atom stereocenters. The summed E-state index contributed by atoms with van der Waals surface area (Å²) in [6, 6.07) is 43.0. The van der Waals surface area contributed by atoms with Crippen molar-refractivity contribution in [2.24, 2.45) is 0 Å². The molecule has 0 saturated carbocycles. The highest BCUT2D eigenvalue weighted by Crippen LogP contribution is 2.46. The molecule has 4 rings (SSSR count). The number of nitrogens with one attached hydrogen (secondary N) is 1. The Hall–Kier alpha value is -2.59. The van der Waals surface area contributed by atoms with Crippen LogP contribution in [-0.4, -0.2) is 13.7 Å². The molecule has 0 aliphatic rings. The van der Waals surface area contributed by atoms with E-state index in [1.165, 1.54) is 21.2 Å². The second-order valence-corrected chi connectivity index (χ2v) is 13.7. The molecule has 150 valence electrons. The molecule has 0 aromatic heterocycles. The first-order valence-corrected chi connectivity index (χ1v) is 14.0. The molecule has 4 heteroatoms. The molecule has 0 saturated heterocycles. The standard InChI is InChI=1S/C26H26N2P2/c1-27-30(25-19-11-5-12-20-25,26-21-13-6-14-22-26)28-29(2,23-15-7-3-8-16-23)24-17-9-4-10-18-24/h3-22H,1-2H3/p+1. The van der Waals surface area contributed by atoms with Crippen LogP contribution in [0.25, 0.3) is 0 Å². The minimum absolute atomic E-state index is 1.25. The van der Waals surface area contributed by atoms with Gasteiger partial charge in [0.15, 0.2) is 0 Å². The minimum atomic E-state index is -2.21. The predicted octanol–water partition coefficient (Wildman–Crippen LogP) is 4.52. The molecular formula is C26H27N2P2+. The number of benzene rings is 4. The van der Waals surface area contributed by atoms with Gasteiger partial charge in [-0.1, -0.05) is 72.8 Å². The molecule has 4 aromatic rings. The average molecular weight is 429 g/mol. The Balaban J connectivity index is 2.26. The lowest BCUT2D eigenvalue weighted by atomic mass is 10.4. The van der Waals surface area contributed by atoms with Gasteiger partial charge in [0.05, 0.1) is 21.2 Å². The van der Waals surface area contributed by atoms with Gasteiger partial charge in [-0.3, -0.25) is 0 Å². The summed E-state index contributed by atoms with van der Waals surface area (Å²) >= 11 is 0. The molecule has 0 heterocycles. The summed E-state index contributed by atoms with van der Waals surface area (Å²) < 4.78 is 5.85. The second-order valence-electron chi connectivity index (χ2n) is 7.25. The first-order chi connectivity index (χ1) is 14.7. The van der Waals surface area contributed by atoms with E-state index in [2.05, 4.69) is 140 Å². The van der Waals surface area contributed by atoms with Gasteiger partial charge in [0.25, 0.3) is 7.05 Å². The molecule has 0 aliphatic heterocycles. The number of rotatable bonds is 5. The van der Waals surface area contributed by atoms with Gasteiger partial charge in [-0.2, -0.15) is 0 Å². The maximum Gasteiger partial charge on any atom is 0.337 e. The van der Waals surface area contributed by atoms with Crippen molar-refractivity contribution >= 4 is 35.5 Å². The van der Waals surface area contributed by atoms with E-state index in [-0.39, 0.29) is 0 Å². The molecule has 30 heavy (non-hydrogen) atoms. The van der Waals surface area contributed by atoms with Gasteiger partial charge in [-0.05, 0) is 55.6 Å². The zero-order valence-corrected chi connectivity index (χ0v) is 19.2. The van der Waals surface area contributed by atoms with Crippen molar-refractivity contribution in [3.63, 3.8) is 0 Å². The van der Waals surface area contributed by atoms with Crippen molar-refractivity contribution in [1.82, 2.24) is 9.26 Å². The van der Waals surface area contributed by atoms with Crippen LogP contribution in [-0.2, 0) is 0 Å². The Morgan fingerprint density at radius 1 is 0.500 bits per heavy atom. The molecule has 0 spiro atoms. The largest absolute Gasteiger partial charge is 0.337 e. The predicted molar refractivity (Wildman–Crippen MR) is 135 cm³/mol. The van der Waals surface area contributed by atoms with E-state index in [0.717, 1.165) is 0 Å². The molecule has 0 unspecified atom stereocenters. The summed E-state index contributed by atoms with van der Waals surface area (Å²) in [5, 5.41) is 8.80. The van der Waals surface area contributed by atoms with Crippen molar-refractivity contribution in [3.8, 4) is 0 Å². The normalized spacial score (nSPS) is 11.7. The quantitative estimate of drug-likeness (QED) is 0.366. The number of hydrogen-bond donors (Lipinski definition) is 1. The molecule has 0 fully saturated rings. The van der Waals surface area contributed by atoms with Crippen LogP contribution in [0.3, 0.4) is 0 Å². The summed E-state index contributed by atoms with van der Waals surface area (Å²) in [6.07, 6.45) is 0. The second kappa shape index (κ2) is 9.05. The fourth-order valence-electron chi connectivity index (χ4n) is 3.80. The van der Waals surface area contributed by atoms with E-state index < -0.39 is 14.3 Å². The van der Waals surface area contributed by atoms with Crippen LogP contribution in [0.2, 0.25) is 0 Å². The molecular weight excluding hydrogens is 402 g/mol. The Kier molecular flexibility index (Phi) is 6.24. The zero-order chi connectivity index (χ0) is 20.9. The van der Waals surface area contributed by atoms with Crippen LogP contribution >= 0.6 is 14.3 Å². The molecule has 4 aromatic carbocycles. The van der Waals surface area contributed by atoms with Gasteiger partial charge in [-0.25, -0.2) is 5.09 Å². The van der Waals surface area contributed by atoms with Gasteiger partial charge in [0.1, 0.15) is 0 Å². The van der Waals surface area contributed by atoms with Crippen LogP contribution in [0.1, 0.15) is 0 Å². The lowest BCUT2D eigenvalue weighted by Crippen LogP contribution is -2.28. The molecule has 0 bridgehead atoms. The van der Waals surface area contributed by atoms with E-state index >= 15 is 0 Å². The van der Waals surface area contributed by atoms with Crippen LogP contribution in [0.15, 0.2) is 121 Å². The maximum atomic E-state index is 5.85. The number of hydrogen-bond acceptors (Lipinski definition) is 0. The first-order valence-electron chi connectivity index (χ1n) is 10.1. The van der Waals surface area contributed by atoms with Crippen molar-refractivity contribution in [3.05, 3.63) is 121 Å². The first kappa shape index (κ1) is 20.7. The average Bonchev–Trinajstić information content (AvgIpc) is 2.85. The zero-order valence-electron chi connectivity index (χ0n) is 17.4. The van der Waals surface area contributed by atoms with E-state index in [1.54, 1.807) is 0 Å². The van der Waals surface area contributed by atoms with Crippen molar-refractivity contribution in [2.75, 3.05) is 13.7 Å². The van der Waals surface area contributed by atoms with Crippen LogP contribution in [0.4, 0.5) is 0 Å². The van der Waals surface area contributed by atoms with Crippen molar-refractivity contribution in [1.29, 1.82) is 0 Å². The van der Waals surface area contributed by atoms with Crippen LogP contribution in [0.5, 0.6) is 0 Å². The SMILES string of the molecule is CNP(=[N+]=P(C)(c1ccccc1)c1ccccc1)(c1ccccc1)c1ccccc1. The van der Waals surface area contributed by atoms with E-state index in [4.69, 9.17) is 4.17 Å². The maximum absolute atomic E-state index is 5.85. The van der Waals surface area contributed by atoms with Crippen LogP contribution < -0.4 is 30.5 Å². The highest BCUT2D eigenvalue weighted by molar-refractivity contribution is 7.86. The third-order valence-corrected chi connectivity index (χ3v) is 13.3. The smallest absolute Gasteiger partial charge is 0.232 e. The highest BCUT2D eigenvalue weighted by Gasteiger charge is 2.38. The van der Waals surface area contributed by atoms with Crippen LogP contribution in [0, 0.1) is 0 Å². The van der Waals surface area contributed by atoms with Crippen molar-refractivity contribution < 1.29 is 0 Å². The van der Waals surface area contributed by atoms with Gasteiger partial charge in [-0.15, -0.1) is 4.17 Å². The highest BCUT2D eigenvalue weighted by atomic mass is 31.2. The lowest BCUT2D eigenvalue weighted by molar-refractivity contribution is 1.26. The van der Waals surface area contributed by atoms with Gasteiger partial charge >= 0.3 is 7.21 Å². The fraction of sp³-hybridized carbons (Fsp3) is 0.0769. The molecule has 1 N–H and O–H groups in total. The van der Waals surface area contributed by atoms with E-state index in [1.807, 2.05) is 0 Å². The fourth-order valence-corrected chi connectivity index (χ4v) is 11.8. The van der Waals surface area contributed by atoms with E-state index in [9.17, 15) is 0 Å². The van der Waals surface area contributed by atoms with Gasteiger partial charge < -0.3 is 0 Å². The Morgan fingerprint density at radius 3 is 1.10 bits per heavy atom. The van der Waals surface area contributed by atoms with Crippen molar-refractivity contribution in [2.45, 2.75) is 0 Å². The summed E-state index contributed by atoms with van der Waals surface area (Å²) in [5.74, 6) is 0. The monoisotopic (exact) mass is 429 g/mol. The third-order valence-electron chi connectivity index (χ3n) is 5.41. The number of nitrogens with zero attached hydrogens (tertiary/aromatic N) is 1. The van der Waals surface area contributed by atoms with Gasteiger partial charge in [0.2, 0.25) is 0 Å². The molecule has 0 aliphatic carbocycles. The Bertz CT molecular complexity index is 1130. The summed E-state index contributed by atoms with van der Waals surface area (Å²) in [4.78, 5) is 0. The Labute approximate surface area is 179 Å². The molecule has 0 radical (unpaired) electrons. The Morgan fingerprint density at radius 2 is 0.800 bits per heavy atom. The minimum Gasteiger partial charge on any atom is -0.232 e. The molecule has 2 nitrogen and oxygen atoms in total. The van der Waals surface area contributed by atoms with E-state index in [0.29, 0.717) is 0 Å². The molecule has 0 amide bonds. The topological polar surface area (TPSA) is 26.1 Å². The summed E-state index contributed by atoms with van der Waals surface area (Å²) in [6.45, 7) is 2.34.